The molecule has 0 rings (SSSR count). The van der Waals surface area contributed by atoms with Crippen LogP contribution in [0.5, 0.6) is 0 Å². The Morgan fingerprint density at radius 3 is 2.50 bits per heavy atom. The standard InChI is InChI=1S/C13H19FO4/c1-3-6-11(4-2)18-13(16)8-5-7-12(15)17-10-9-14/h11H,4-5,7-10H2,1-2H3. The van der Waals surface area contributed by atoms with Crippen LogP contribution in [0.2, 0.25) is 0 Å². The van der Waals surface area contributed by atoms with Gasteiger partial charge in [-0.05, 0) is 19.8 Å². The van der Waals surface area contributed by atoms with Crippen LogP contribution in [0.1, 0.15) is 39.5 Å². The molecule has 0 aliphatic carbocycles. The molecule has 5 heteroatoms. The third kappa shape index (κ3) is 8.57. The monoisotopic (exact) mass is 258 g/mol. The molecule has 0 aromatic heterocycles. The maximum absolute atomic E-state index is 11.7. The average molecular weight is 258 g/mol. The Morgan fingerprint density at radius 1 is 1.28 bits per heavy atom. The SMILES string of the molecule is CC#CC(CC)OC(=O)CCCC(=O)OCCF. The zero-order valence-corrected chi connectivity index (χ0v) is 10.8. The molecule has 0 saturated carbocycles. The molecule has 0 fully saturated rings. The lowest BCUT2D eigenvalue weighted by molar-refractivity contribution is -0.147. The fourth-order valence-electron chi connectivity index (χ4n) is 1.20. The summed E-state index contributed by atoms with van der Waals surface area (Å²) in [6.45, 7) is 2.63. The highest BCUT2D eigenvalue weighted by molar-refractivity contribution is 5.72. The zero-order chi connectivity index (χ0) is 13.8. The van der Waals surface area contributed by atoms with Crippen molar-refractivity contribution in [1.82, 2.24) is 0 Å². The van der Waals surface area contributed by atoms with Crippen molar-refractivity contribution in [2.75, 3.05) is 13.3 Å². The largest absolute Gasteiger partial charge is 0.463 e. The Labute approximate surface area is 107 Å². The molecule has 0 saturated heterocycles. The highest BCUT2D eigenvalue weighted by Crippen LogP contribution is 2.04. The summed E-state index contributed by atoms with van der Waals surface area (Å²) in [5, 5.41) is 0. The van der Waals surface area contributed by atoms with Gasteiger partial charge in [0.15, 0.2) is 6.10 Å². The van der Waals surface area contributed by atoms with Crippen LogP contribution in [0.4, 0.5) is 4.39 Å². The van der Waals surface area contributed by atoms with Crippen LogP contribution < -0.4 is 0 Å². The number of ether oxygens (including phenoxy) is 2. The molecule has 0 N–H and O–H groups in total. The molecule has 0 aromatic rings. The molecule has 0 heterocycles. The number of halogens is 1. The van der Waals surface area contributed by atoms with E-state index in [9.17, 15) is 14.0 Å². The third-order valence-corrected chi connectivity index (χ3v) is 2.05. The van der Waals surface area contributed by atoms with Gasteiger partial charge in [-0.25, -0.2) is 4.39 Å². The Balaban J connectivity index is 3.75. The van der Waals surface area contributed by atoms with Crippen LogP contribution in [0.15, 0.2) is 0 Å². The van der Waals surface area contributed by atoms with E-state index in [0.29, 0.717) is 12.8 Å². The van der Waals surface area contributed by atoms with E-state index in [1.54, 1.807) is 6.92 Å². The van der Waals surface area contributed by atoms with Crippen molar-refractivity contribution >= 4 is 11.9 Å². The van der Waals surface area contributed by atoms with Gasteiger partial charge in [-0.2, -0.15) is 0 Å². The first-order valence-corrected chi connectivity index (χ1v) is 5.97. The highest BCUT2D eigenvalue weighted by atomic mass is 19.1. The first-order chi connectivity index (χ1) is 8.63. The lowest BCUT2D eigenvalue weighted by Gasteiger charge is -2.09. The summed E-state index contributed by atoms with van der Waals surface area (Å²) in [6, 6.07) is 0. The van der Waals surface area contributed by atoms with Crippen LogP contribution >= 0.6 is 0 Å². The second-order valence-corrected chi connectivity index (χ2v) is 3.54. The minimum absolute atomic E-state index is 0.0886. The Bertz CT molecular complexity index is 317. The molecule has 0 radical (unpaired) electrons. The molecule has 0 aromatic carbocycles. The number of carbonyl (C=O) groups excluding carboxylic acids is 2. The van der Waals surface area contributed by atoms with Crippen molar-refractivity contribution in [2.24, 2.45) is 0 Å². The summed E-state index contributed by atoms with van der Waals surface area (Å²) in [6.07, 6.45) is 0.796. The molecule has 0 aliphatic rings. The van der Waals surface area contributed by atoms with Crippen LogP contribution in [0.3, 0.4) is 0 Å². The summed E-state index contributed by atoms with van der Waals surface area (Å²) in [7, 11) is 0. The Kier molecular flexibility index (Phi) is 9.65. The molecule has 1 atom stereocenters. The van der Waals surface area contributed by atoms with Gasteiger partial charge in [0.2, 0.25) is 0 Å². The van der Waals surface area contributed by atoms with Crippen molar-refractivity contribution in [1.29, 1.82) is 0 Å². The van der Waals surface area contributed by atoms with Crippen LogP contribution in [0, 0.1) is 11.8 Å². The van der Waals surface area contributed by atoms with Gasteiger partial charge in [0, 0.05) is 12.8 Å². The predicted octanol–water partition coefficient (Wildman–Crippen LogP) is 2.01. The molecule has 1 unspecified atom stereocenters. The number of hydrogen-bond acceptors (Lipinski definition) is 4. The van der Waals surface area contributed by atoms with Gasteiger partial charge in [0.05, 0.1) is 0 Å². The average Bonchev–Trinajstić information content (AvgIpc) is 2.35. The van der Waals surface area contributed by atoms with Gasteiger partial charge < -0.3 is 9.47 Å². The van der Waals surface area contributed by atoms with Crippen molar-refractivity contribution in [2.45, 2.75) is 45.6 Å². The molecular formula is C13H19FO4. The normalized spacial score (nSPS) is 11.1. The maximum atomic E-state index is 11.7. The molecular weight excluding hydrogens is 239 g/mol. The van der Waals surface area contributed by atoms with E-state index in [4.69, 9.17) is 4.74 Å². The molecule has 0 spiro atoms. The molecule has 0 aliphatic heterocycles. The Hall–Kier alpha value is -1.57. The molecule has 4 nitrogen and oxygen atoms in total. The third-order valence-electron chi connectivity index (χ3n) is 2.05. The predicted molar refractivity (Wildman–Crippen MR) is 64.4 cm³/mol. The van der Waals surface area contributed by atoms with E-state index in [0.717, 1.165) is 0 Å². The first kappa shape index (κ1) is 16.4. The lowest BCUT2D eigenvalue weighted by Crippen LogP contribution is -2.16. The van der Waals surface area contributed by atoms with E-state index in [1.807, 2.05) is 6.92 Å². The Morgan fingerprint density at radius 2 is 1.94 bits per heavy atom. The van der Waals surface area contributed by atoms with Gasteiger partial charge in [-0.3, -0.25) is 9.59 Å². The summed E-state index contributed by atoms with van der Waals surface area (Å²) in [5.41, 5.74) is 0. The lowest BCUT2D eigenvalue weighted by atomic mass is 10.2. The maximum Gasteiger partial charge on any atom is 0.307 e. The fourth-order valence-corrected chi connectivity index (χ4v) is 1.20. The van der Waals surface area contributed by atoms with Crippen molar-refractivity contribution in [3.63, 3.8) is 0 Å². The van der Waals surface area contributed by atoms with Crippen molar-refractivity contribution < 1.29 is 23.5 Å². The molecule has 102 valence electrons. The number of esters is 2. The molecule has 0 bridgehead atoms. The fraction of sp³-hybridized carbons (Fsp3) is 0.692. The number of alkyl halides is 1. The minimum Gasteiger partial charge on any atom is -0.463 e. The topological polar surface area (TPSA) is 52.6 Å². The van der Waals surface area contributed by atoms with Crippen molar-refractivity contribution in [3.05, 3.63) is 0 Å². The van der Waals surface area contributed by atoms with Crippen LogP contribution in [-0.4, -0.2) is 31.3 Å². The number of carbonyl (C=O) groups is 2. The van der Waals surface area contributed by atoms with E-state index < -0.39 is 12.6 Å². The van der Waals surface area contributed by atoms with E-state index in [2.05, 4.69) is 16.6 Å². The van der Waals surface area contributed by atoms with Crippen molar-refractivity contribution in [3.8, 4) is 11.8 Å². The number of hydrogen-bond donors (Lipinski definition) is 0. The van der Waals surface area contributed by atoms with Gasteiger partial charge in [0.25, 0.3) is 0 Å². The van der Waals surface area contributed by atoms with Gasteiger partial charge in [0.1, 0.15) is 13.3 Å². The summed E-state index contributed by atoms with van der Waals surface area (Å²) in [4.78, 5) is 22.4. The zero-order valence-electron chi connectivity index (χ0n) is 10.8. The molecule has 18 heavy (non-hydrogen) atoms. The van der Waals surface area contributed by atoms with E-state index >= 15 is 0 Å². The quantitative estimate of drug-likeness (QED) is 0.493. The van der Waals surface area contributed by atoms with E-state index in [-0.39, 0.29) is 31.5 Å². The van der Waals surface area contributed by atoms with E-state index in [1.165, 1.54) is 0 Å². The van der Waals surface area contributed by atoms with Crippen LogP contribution in [-0.2, 0) is 19.1 Å². The summed E-state index contributed by atoms with van der Waals surface area (Å²) < 4.78 is 21.3. The number of rotatable bonds is 8. The first-order valence-electron chi connectivity index (χ1n) is 5.97. The summed E-state index contributed by atoms with van der Waals surface area (Å²) in [5.74, 6) is 4.56. The van der Waals surface area contributed by atoms with Crippen LogP contribution in [0.25, 0.3) is 0 Å². The summed E-state index contributed by atoms with van der Waals surface area (Å²) >= 11 is 0. The second kappa shape index (κ2) is 10.6. The minimum atomic E-state index is -0.693. The smallest absolute Gasteiger partial charge is 0.307 e. The van der Waals surface area contributed by atoms with Gasteiger partial charge in [-0.15, -0.1) is 5.92 Å². The van der Waals surface area contributed by atoms with Gasteiger partial charge in [-0.1, -0.05) is 12.8 Å². The van der Waals surface area contributed by atoms with Gasteiger partial charge >= 0.3 is 11.9 Å². The molecule has 0 amide bonds. The second-order valence-electron chi connectivity index (χ2n) is 3.54. The highest BCUT2D eigenvalue weighted by Gasteiger charge is 2.11.